The summed E-state index contributed by atoms with van der Waals surface area (Å²) in [7, 11) is -3.53. The summed E-state index contributed by atoms with van der Waals surface area (Å²) in [5.41, 5.74) is 0.850. The van der Waals surface area contributed by atoms with Crippen molar-refractivity contribution in [2.45, 2.75) is 37.1 Å². The van der Waals surface area contributed by atoms with Gasteiger partial charge in [0.15, 0.2) is 5.76 Å². The summed E-state index contributed by atoms with van der Waals surface area (Å²) in [6.07, 6.45) is 2.35. The fourth-order valence-corrected chi connectivity index (χ4v) is 4.63. The first-order valence-electron chi connectivity index (χ1n) is 7.25. The van der Waals surface area contributed by atoms with Crippen LogP contribution < -0.4 is 0 Å². The van der Waals surface area contributed by atoms with Crippen molar-refractivity contribution in [1.29, 1.82) is 0 Å². The van der Waals surface area contributed by atoms with E-state index in [0.717, 1.165) is 29.4 Å². The monoisotopic (exact) mass is 384 g/mol. The third-order valence-corrected chi connectivity index (χ3v) is 6.34. The highest BCUT2D eigenvalue weighted by Gasteiger charge is 2.38. The molecule has 0 amide bonds. The Kier molecular flexibility index (Phi) is 4.38. The van der Waals surface area contributed by atoms with Crippen molar-refractivity contribution in [3.8, 4) is 0 Å². The van der Waals surface area contributed by atoms with Crippen LogP contribution in [0, 0.1) is 0 Å². The van der Waals surface area contributed by atoms with Gasteiger partial charge in [-0.25, -0.2) is 8.42 Å². The average molecular weight is 385 g/mol. The largest absolute Gasteiger partial charge is 0.359 e. The smallest absolute Gasteiger partial charge is 0.243 e. The van der Waals surface area contributed by atoms with Crippen molar-refractivity contribution in [3.63, 3.8) is 0 Å². The molecule has 0 bridgehead atoms. The molecule has 2 heterocycles. The number of nitrogens with zero attached hydrogens (tertiary/aromatic N) is 2. The quantitative estimate of drug-likeness (QED) is 0.808. The summed E-state index contributed by atoms with van der Waals surface area (Å²) in [6, 6.07) is 8.31. The summed E-state index contributed by atoms with van der Waals surface area (Å²) in [6.45, 7) is 2.50. The number of aromatic nitrogens is 1. The van der Waals surface area contributed by atoms with Gasteiger partial charge in [0.25, 0.3) is 0 Å². The van der Waals surface area contributed by atoms with E-state index >= 15 is 0 Å². The highest BCUT2D eigenvalue weighted by atomic mass is 79.9. The molecule has 5 nitrogen and oxygen atoms in total. The Bertz CT molecular complexity index is 755. The molecule has 0 aliphatic carbocycles. The lowest BCUT2D eigenvalue weighted by Gasteiger charge is -2.22. The zero-order valence-corrected chi connectivity index (χ0v) is 14.6. The van der Waals surface area contributed by atoms with E-state index in [4.69, 9.17) is 4.52 Å². The molecule has 1 atom stereocenters. The molecule has 0 radical (unpaired) electrons. The second kappa shape index (κ2) is 6.14. The fourth-order valence-electron chi connectivity index (χ4n) is 2.71. The Morgan fingerprint density at radius 1 is 1.36 bits per heavy atom. The molecule has 3 rings (SSSR count). The van der Waals surface area contributed by atoms with E-state index in [1.165, 1.54) is 4.31 Å². The molecule has 1 fully saturated rings. The van der Waals surface area contributed by atoms with Gasteiger partial charge in [0.2, 0.25) is 10.0 Å². The van der Waals surface area contributed by atoms with Gasteiger partial charge in [0.1, 0.15) is 0 Å². The summed E-state index contributed by atoms with van der Waals surface area (Å²) in [4.78, 5) is 0.304. The SMILES string of the molecule is CCc1cc([C@H]2CCCN2S(=O)(=O)c2ccc(Br)cc2)on1. The Morgan fingerprint density at radius 3 is 2.73 bits per heavy atom. The van der Waals surface area contributed by atoms with Crippen molar-refractivity contribution in [3.05, 3.63) is 46.3 Å². The average Bonchev–Trinajstić information content (AvgIpc) is 3.16. The van der Waals surface area contributed by atoms with Crippen molar-refractivity contribution in [1.82, 2.24) is 9.46 Å². The van der Waals surface area contributed by atoms with Gasteiger partial charge in [0.05, 0.1) is 16.6 Å². The normalized spacial score (nSPS) is 19.6. The molecule has 118 valence electrons. The topological polar surface area (TPSA) is 63.4 Å². The molecule has 0 spiro atoms. The van der Waals surface area contributed by atoms with Crippen LogP contribution in [-0.2, 0) is 16.4 Å². The first-order chi connectivity index (χ1) is 10.5. The van der Waals surface area contributed by atoms with E-state index in [-0.39, 0.29) is 6.04 Å². The molecule has 2 aromatic rings. The number of aryl methyl sites for hydroxylation is 1. The van der Waals surface area contributed by atoms with Crippen LogP contribution in [0.5, 0.6) is 0 Å². The second-order valence-corrected chi connectivity index (χ2v) is 8.11. The van der Waals surface area contributed by atoms with E-state index in [0.29, 0.717) is 17.2 Å². The molecule has 0 N–H and O–H groups in total. The zero-order valence-electron chi connectivity index (χ0n) is 12.2. The maximum atomic E-state index is 12.9. The number of hydrogen-bond acceptors (Lipinski definition) is 4. The van der Waals surface area contributed by atoms with Crippen LogP contribution in [0.3, 0.4) is 0 Å². The summed E-state index contributed by atoms with van der Waals surface area (Å²) >= 11 is 3.32. The van der Waals surface area contributed by atoms with E-state index in [1.54, 1.807) is 24.3 Å². The van der Waals surface area contributed by atoms with Crippen LogP contribution in [0.25, 0.3) is 0 Å². The number of sulfonamides is 1. The molecule has 0 unspecified atom stereocenters. The number of rotatable bonds is 4. The fraction of sp³-hybridized carbons (Fsp3) is 0.400. The van der Waals surface area contributed by atoms with Gasteiger partial charge in [0, 0.05) is 17.1 Å². The van der Waals surface area contributed by atoms with Gasteiger partial charge >= 0.3 is 0 Å². The van der Waals surface area contributed by atoms with Crippen molar-refractivity contribution in [2.24, 2.45) is 0 Å². The van der Waals surface area contributed by atoms with E-state index < -0.39 is 10.0 Å². The molecule has 1 aromatic carbocycles. The van der Waals surface area contributed by atoms with Crippen LogP contribution in [-0.4, -0.2) is 24.4 Å². The predicted molar refractivity (Wildman–Crippen MR) is 85.9 cm³/mol. The number of halogens is 1. The van der Waals surface area contributed by atoms with Crippen LogP contribution in [0.15, 0.2) is 44.2 Å². The third-order valence-electron chi connectivity index (χ3n) is 3.89. The highest BCUT2D eigenvalue weighted by Crippen LogP contribution is 2.37. The number of hydrogen-bond donors (Lipinski definition) is 0. The lowest BCUT2D eigenvalue weighted by molar-refractivity contribution is 0.296. The predicted octanol–water partition coefficient (Wildman–Crippen LogP) is 3.53. The number of benzene rings is 1. The van der Waals surface area contributed by atoms with Crippen molar-refractivity contribution < 1.29 is 12.9 Å². The molecule has 0 saturated carbocycles. The first kappa shape index (κ1) is 15.7. The minimum absolute atomic E-state index is 0.263. The van der Waals surface area contributed by atoms with Crippen LogP contribution in [0.2, 0.25) is 0 Å². The highest BCUT2D eigenvalue weighted by molar-refractivity contribution is 9.10. The molecular formula is C15H17BrN2O3S. The Hall–Kier alpha value is -1.18. The van der Waals surface area contributed by atoms with Crippen LogP contribution in [0.4, 0.5) is 0 Å². The zero-order chi connectivity index (χ0) is 15.7. The minimum atomic E-state index is -3.53. The van der Waals surface area contributed by atoms with Gasteiger partial charge in [-0.2, -0.15) is 4.31 Å². The van der Waals surface area contributed by atoms with Gasteiger partial charge in [-0.15, -0.1) is 0 Å². The Morgan fingerprint density at radius 2 is 2.09 bits per heavy atom. The van der Waals surface area contributed by atoms with Gasteiger partial charge in [-0.05, 0) is 43.5 Å². The molecule has 1 aliphatic heterocycles. The van der Waals surface area contributed by atoms with Crippen molar-refractivity contribution in [2.75, 3.05) is 6.54 Å². The summed E-state index contributed by atoms with van der Waals surface area (Å²) in [5, 5.41) is 3.98. The van der Waals surface area contributed by atoms with Gasteiger partial charge in [-0.1, -0.05) is 28.0 Å². The lowest BCUT2D eigenvalue weighted by atomic mass is 10.1. The van der Waals surface area contributed by atoms with Crippen molar-refractivity contribution >= 4 is 26.0 Å². The maximum absolute atomic E-state index is 12.9. The maximum Gasteiger partial charge on any atom is 0.243 e. The second-order valence-electron chi connectivity index (χ2n) is 5.30. The molecule has 1 saturated heterocycles. The van der Waals surface area contributed by atoms with E-state index in [2.05, 4.69) is 21.1 Å². The Labute approximate surface area is 138 Å². The molecule has 1 aromatic heterocycles. The van der Waals surface area contributed by atoms with E-state index in [1.807, 2.05) is 13.0 Å². The summed E-state index contributed by atoms with van der Waals surface area (Å²) in [5.74, 6) is 0.634. The van der Waals surface area contributed by atoms with Crippen LogP contribution >= 0.6 is 15.9 Å². The van der Waals surface area contributed by atoms with Crippen LogP contribution in [0.1, 0.15) is 37.3 Å². The lowest BCUT2D eigenvalue weighted by Crippen LogP contribution is -2.30. The van der Waals surface area contributed by atoms with E-state index in [9.17, 15) is 8.42 Å². The molecule has 22 heavy (non-hydrogen) atoms. The summed E-state index contributed by atoms with van der Waals surface area (Å²) < 4.78 is 33.4. The third kappa shape index (κ3) is 2.85. The first-order valence-corrected chi connectivity index (χ1v) is 9.48. The molecule has 7 heteroatoms. The Balaban J connectivity index is 1.93. The minimum Gasteiger partial charge on any atom is -0.359 e. The van der Waals surface area contributed by atoms with Gasteiger partial charge < -0.3 is 4.52 Å². The molecule has 1 aliphatic rings. The standard InChI is InChI=1S/C15H17BrN2O3S/c1-2-12-10-15(21-17-12)14-4-3-9-18(14)22(19,20)13-7-5-11(16)6-8-13/h5-8,10,14H,2-4,9H2,1H3/t14-/m1/s1. The van der Waals surface area contributed by atoms with Gasteiger partial charge in [-0.3, -0.25) is 0 Å². The molecular weight excluding hydrogens is 368 g/mol.